The number of hydrogen-bond donors (Lipinski definition) is 1. The average molecular weight is 262 g/mol. The van der Waals surface area contributed by atoms with Crippen molar-refractivity contribution in [3.05, 3.63) is 0 Å². The Balaban J connectivity index is 1.66. The highest BCUT2D eigenvalue weighted by molar-refractivity contribution is 5.14. The molecule has 0 aromatic heterocycles. The smallest absolute Gasteiger partial charge is 0.0259 e. The molecule has 0 aromatic rings. The first kappa shape index (κ1) is 12.6. The molecule has 5 fully saturated rings. The summed E-state index contributed by atoms with van der Waals surface area (Å²) in [7, 11) is 4.54. The summed E-state index contributed by atoms with van der Waals surface area (Å²) in [5.74, 6) is 3.24. The van der Waals surface area contributed by atoms with Crippen molar-refractivity contribution in [2.24, 2.45) is 23.2 Å². The van der Waals surface area contributed by atoms with Gasteiger partial charge >= 0.3 is 0 Å². The van der Waals surface area contributed by atoms with Crippen LogP contribution in [0.2, 0.25) is 0 Å². The highest BCUT2D eigenvalue weighted by Gasteiger charge is 2.59. The predicted molar refractivity (Wildman–Crippen MR) is 79.1 cm³/mol. The molecule has 1 saturated heterocycles. The Morgan fingerprint density at radius 1 is 0.895 bits per heavy atom. The fraction of sp³-hybridized carbons (Fsp3) is 1.00. The number of piperidine rings is 1. The van der Waals surface area contributed by atoms with Gasteiger partial charge in [0.15, 0.2) is 0 Å². The number of nitrogens with zero attached hydrogens (tertiary/aromatic N) is 1. The Morgan fingerprint density at radius 3 is 1.79 bits per heavy atom. The van der Waals surface area contributed by atoms with Gasteiger partial charge in [0, 0.05) is 5.54 Å². The molecule has 0 aromatic carbocycles. The third-order valence-corrected chi connectivity index (χ3v) is 7.37. The van der Waals surface area contributed by atoms with Crippen LogP contribution < -0.4 is 5.32 Å². The molecule has 0 spiro atoms. The maximum Gasteiger partial charge on any atom is 0.0259 e. The zero-order chi connectivity index (χ0) is 13.1. The second-order valence-electron chi connectivity index (χ2n) is 8.33. The molecule has 1 N–H and O–H groups in total. The van der Waals surface area contributed by atoms with E-state index in [9.17, 15) is 0 Å². The summed E-state index contributed by atoms with van der Waals surface area (Å²) in [6.07, 6.45) is 12.1. The summed E-state index contributed by atoms with van der Waals surface area (Å²) in [5.41, 5.74) is 1.13. The van der Waals surface area contributed by atoms with Gasteiger partial charge in [0.1, 0.15) is 0 Å². The molecular formula is C17H30N2. The quantitative estimate of drug-likeness (QED) is 0.823. The van der Waals surface area contributed by atoms with Gasteiger partial charge in [-0.15, -0.1) is 0 Å². The van der Waals surface area contributed by atoms with Crippen molar-refractivity contribution in [3.63, 3.8) is 0 Å². The van der Waals surface area contributed by atoms with Gasteiger partial charge in [-0.25, -0.2) is 0 Å². The van der Waals surface area contributed by atoms with Gasteiger partial charge in [-0.05, 0) is 102 Å². The monoisotopic (exact) mass is 262 g/mol. The third-order valence-electron chi connectivity index (χ3n) is 7.37. The van der Waals surface area contributed by atoms with Crippen LogP contribution in [0.5, 0.6) is 0 Å². The second-order valence-corrected chi connectivity index (χ2v) is 8.33. The van der Waals surface area contributed by atoms with Gasteiger partial charge in [0.25, 0.3) is 0 Å². The number of likely N-dealkylation sites (tertiary alicyclic amines) is 1. The topological polar surface area (TPSA) is 15.3 Å². The fourth-order valence-electron chi connectivity index (χ4n) is 6.74. The van der Waals surface area contributed by atoms with E-state index in [-0.39, 0.29) is 0 Å². The lowest BCUT2D eigenvalue weighted by Crippen LogP contribution is -2.66. The molecule has 108 valence electrons. The van der Waals surface area contributed by atoms with Crippen molar-refractivity contribution in [3.8, 4) is 0 Å². The lowest BCUT2D eigenvalue weighted by atomic mass is 9.43. The summed E-state index contributed by atoms with van der Waals surface area (Å²) < 4.78 is 0. The molecule has 0 unspecified atom stereocenters. The molecular weight excluding hydrogens is 232 g/mol. The molecule has 4 saturated carbocycles. The first-order valence-electron chi connectivity index (χ1n) is 8.52. The summed E-state index contributed by atoms with van der Waals surface area (Å²) in [4.78, 5) is 2.52. The van der Waals surface area contributed by atoms with Crippen LogP contribution in [0.1, 0.15) is 51.4 Å². The Hall–Kier alpha value is -0.0800. The van der Waals surface area contributed by atoms with Crippen molar-refractivity contribution in [1.82, 2.24) is 10.2 Å². The van der Waals surface area contributed by atoms with Gasteiger partial charge in [0.2, 0.25) is 0 Å². The largest absolute Gasteiger partial charge is 0.314 e. The van der Waals surface area contributed by atoms with Crippen LogP contribution in [0, 0.1) is 23.2 Å². The molecule has 0 radical (unpaired) electrons. The van der Waals surface area contributed by atoms with Gasteiger partial charge in [-0.3, -0.25) is 0 Å². The lowest BCUT2D eigenvalue weighted by Gasteiger charge is -2.65. The SMILES string of the molecule is CNC1(C23CC4CC(CC(C4)C2)C3)CCN(C)CC1. The first-order valence-corrected chi connectivity index (χ1v) is 8.52. The van der Waals surface area contributed by atoms with Gasteiger partial charge in [0.05, 0.1) is 0 Å². The minimum absolute atomic E-state index is 0.468. The molecule has 1 aliphatic heterocycles. The molecule has 5 aliphatic rings. The maximum absolute atomic E-state index is 3.87. The van der Waals surface area contributed by atoms with Crippen LogP contribution >= 0.6 is 0 Å². The van der Waals surface area contributed by atoms with Gasteiger partial charge < -0.3 is 10.2 Å². The predicted octanol–water partition coefficient (Wildman–Crippen LogP) is 2.89. The van der Waals surface area contributed by atoms with Crippen molar-refractivity contribution < 1.29 is 0 Å². The number of hydrogen-bond acceptors (Lipinski definition) is 2. The molecule has 19 heavy (non-hydrogen) atoms. The van der Waals surface area contributed by atoms with Crippen molar-refractivity contribution >= 4 is 0 Å². The van der Waals surface area contributed by atoms with Crippen molar-refractivity contribution in [2.75, 3.05) is 27.2 Å². The van der Waals surface area contributed by atoms with Crippen molar-refractivity contribution in [1.29, 1.82) is 0 Å². The van der Waals surface area contributed by atoms with E-state index in [2.05, 4.69) is 24.3 Å². The second kappa shape index (κ2) is 4.21. The Morgan fingerprint density at radius 2 is 1.37 bits per heavy atom. The van der Waals surface area contributed by atoms with E-state index in [1.165, 1.54) is 25.9 Å². The highest BCUT2D eigenvalue weighted by atomic mass is 15.1. The summed E-state index contributed by atoms with van der Waals surface area (Å²) in [6, 6.07) is 0. The van der Waals surface area contributed by atoms with E-state index in [0.29, 0.717) is 11.0 Å². The third kappa shape index (κ3) is 1.75. The van der Waals surface area contributed by atoms with E-state index in [4.69, 9.17) is 0 Å². The van der Waals surface area contributed by atoms with E-state index in [1.807, 2.05) is 0 Å². The molecule has 5 rings (SSSR count). The Labute approximate surface area is 118 Å². The molecule has 0 amide bonds. The summed E-state index contributed by atoms with van der Waals surface area (Å²) >= 11 is 0. The van der Waals surface area contributed by atoms with Crippen molar-refractivity contribution in [2.45, 2.75) is 56.9 Å². The zero-order valence-corrected chi connectivity index (χ0v) is 12.8. The van der Waals surface area contributed by atoms with E-state index in [1.54, 1.807) is 38.5 Å². The number of nitrogens with one attached hydrogen (secondary N) is 1. The Bertz CT molecular complexity index is 319. The standard InChI is InChI=1S/C17H30N2/c1-18-17(3-5-19(2)6-4-17)16-10-13-7-14(11-16)9-15(8-13)12-16/h13-15,18H,3-12H2,1-2H3. The van der Waals surface area contributed by atoms with Gasteiger partial charge in [-0.2, -0.15) is 0 Å². The lowest BCUT2D eigenvalue weighted by molar-refractivity contribution is -0.120. The molecule has 1 heterocycles. The van der Waals surface area contributed by atoms with Crippen LogP contribution in [-0.4, -0.2) is 37.6 Å². The molecule has 2 nitrogen and oxygen atoms in total. The molecule has 4 aliphatic carbocycles. The maximum atomic E-state index is 3.87. The highest BCUT2D eigenvalue weighted by Crippen LogP contribution is 2.65. The van der Waals surface area contributed by atoms with Gasteiger partial charge in [-0.1, -0.05) is 0 Å². The molecule has 2 heteroatoms. The summed E-state index contributed by atoms with van der Waals surface area (Å²) in [6.45, 7) is 2.59. The fourth-order valence-corrected chi connectivity index (χ4v) is 6.74. The summed E-state index contributed by atoms with van der Waals surface area (Å²) in [5, 5.41) is 3.87. The minimum atomic E-state index is 0.468. The molecule has 0 atom stereocenters. The minimum Gasteiger partial charge on any atom is -0.314 e. The van der Waals surface area contributed by atoms with Crippen LogP contribution in [0.3, 0.4) is 0 Å². The van der Waals surface area contributed by atoms with Crippen LogP contribution in [0.25, 0.3) is 0 Å². The van der Waals surface area contributed by atoms with Crippen LogP contribution in [0.15, 0.2) is 0 Å². The van der Waals surface area contributed by atoms with E-state index < -0.39 is 0 Å². The van der Waals surface area contributed by atoms with Crippen LogP contribution in [0.4, 0.5) is 0 Å². The van der Waals surface area contributed by atoms with Crippen LogP contribution in [-0.2, 0) is 0 Å². The normalized spacial score (nSPS) is 48.6. The Kier molecular flexibility index (Phi) is 2.80. The first-order chi connectivity index (χ1) is 9.15. The molecule has 4 bridgehead atoms. The van der Waals surface area contributed by atoms with E-state index in [0.717, 1.165) is 17.8 Å². The zero-order valence-electron chi connectivity index (χ0n) is 12.8. The number of rotatable bonds is 2. The average Bonchev–Trinajstić information content (AvgIpc) is 2.38. The van der Waals surface area contributed by atoms with E-state index >= 15 is 0 Å².